The van der Waals surface area contributed by atoms with Crippen LogP contribution in [0.3, 0.4) is 0 Å². The van der Waals surface area contributed by atoms with E-state index in [4.69, 9.17) is 4.74 Å². The van der Waals surface area contributed by atoms with Crippen LogP contribution in [0, 0.1) is 0 Å². The predicted octanol–water partition coefficient (Wildman–Crippen LogP) is 2.74. The molecule has 0 saturated carbocycles. The molecule has 28 heavy (non-hydrogen) atoms. The van der Waals surface area contributed by atoms with Crippen molar-refractivity contribution in [1.82, 2.24) is 9.21 Å². The van der Waals surface area contributed by atoms with Gasteiger partial charge in [-0.3, -0.25) is 4.79 Å². The number of ether oxygens (including phenoxy) is 1. The number of thiophene rings is 1. The fourth-order valence-corrected chi connectivity index (χ4v) is 6.40. The van der Waals surface area contributed by atoms with E-state index < -0.39 is 10.0 Å². The van der Waals surface area contributed by atoms with Crippen molar-refractivity contribution in [2.24, 2.45) is 0 Å². The monoisotopic (exact) mass is 420 g/mol. The first-order valence-corrected chi connectivity index (χ1v) is 11.8. The molecule has 8 heteroatoms. The summed E-state index contributed by atoms with van der Waals surface area (Å²) < 4.78 is 33.3. The average Bonchev–Trinajstić information content (AvgIpc) is 3.14. The Kier molecular flexibility index (Phi) is 5.30. The summed E-state index contributed by atoms with van der Waals surface area (Å²) in [5, 5.41) is 2.05. The van der Waals surface area contributed by atoms with E-state index in [0.717, 1.165) is 6.42 Å². The van der Waals surface area contributed by atoms with Crippen LogP contribution >= 0.6 is 11.3 Å². The average molecular weight is 421 g/mol. The van der Waals surface area contributed by atoms with Crippen LogP contribution in [-0.2, 0) is 27.7 Å². The van der Waals surface area contributed by atoms with Crippen molar-refractivity contribution in [3.63, 3.8) is 0 Å². The highest BCUT2D eigenvalue weighted by molar-refractivity contribution is 7.89. The molecule has 1 fully saturated rings. The number of nitrogens with zero attached hydrogens (tertiary/aromatic N) is 2. The van der Waals surface area contributed by atoms with Crippen molar-refractivity contribution in [2.75, 3.05) is 19.6 Å². The van der Waals surface area contributed by atoms with Gasteiger partial charge in [-0.1, -0.05) is 6.07 Å². The molecule has 2 aliphatic heterocycles. The van der Waals surface area contributed by atoms with E-state index in [1.165, 1.54) is 20.8 Å². The minimum absolute atomic E-state index is 0.127. The first-order chi connectivity index (χ1) is 13.3. The first kappa shape index (κ1) is 19.6. The summed E-state index contributed by atoms with van der Waals surface area (Å²) in [4.78, 5) is 16.3. The van der Waals surface area contributed by atoms with Crippen LogP contribution in [0.5, 0.6) is 0 Å². The molecule has 6 nitrogen and oxygen atoms in total. The van der Waals surface area contributed by atoms with Gasteiger partial charge < -0.3 is 9.64 Å². The van der Waals surface area contributed by atoms with Crippen molar-refractivity contribution in [3.05, 3.63) is 51.7 Å². The molecule has 2 aromatic rings. The lowest BCUT2D eigenvalue weighted by atomic mass is 10.1. The van der Waals surface area contributed by atoms with E-state index in [0.29, 0.717) is 31.7 Å². The number of amides is 1. The molecule has 3 heterocycles. The molecule has 0 spiro atoms. The van der Waals surface area contributed by atoms with E-state index in [2.05, 4.69) is 11.4 Å². The van der Waals surface area contributed by atoms with E-state index in [1.807, 2.05) is 13.8 Å². The Balaban J connectivity index is 1.57. The van der Waals surface area contributed by atoms with Crippen molar-refractivity contribution >= 4 is 27.3 Å². The Morgan fingerprint density at radius 2 is 1.93 bits per heavy atom. The molecule has 2 unspecified atom stereocenters. The fraction of sp³-hybridized carbons (Fsp3) is 0.450. The van der Waals surface area contributed by atoms with Crippen LogP contribution in [-0.4, -0.2) is 55.4 Å². The molecular formula is C20H24N2O4S2. The Labute approximate surface area is 169 Å². The maximum Gasteiger partial charge on any atom is 0.254 e. The molecule has 0 N–H and O–H groups in total. The van der Waals surface area contributed by atoms with Crippen LogP contribution in [0.2, 0.25) is 0 Å². The summed E-state index contributed by atoms with van der Waals surface area (Å²) in [6, 6.07) is 8.46. The number of carbonyl (C=O) groups excluding carboxylic acids is 1. The highest BCUT2D eigenvalue weighted by Crippen LogP contribution is 2.26. The van der Waals surface area contributed by atoms with Gasteiger partial charge in [0.25, 0.3) is 5.91 Å². The van der Waals surface area contributed by atoms with Gasteiger partial charge in [-0.05, 0) is 55.5 Å². The number of sulfonamides is 1. The number of rotatable bonds is 3. The minimum atomic E-state index is -3.67. The highest BCUT2D eigenvalue weighted by Gasteiger charge is 2.33. The summed E-state index contributed by atoms with van der Waals surface area (Å²) in [5.74, 6) is -0.127. The van der Waals surface area contributed by atoms with Crippen LogP contribution in [0.1, 0.15) is 34.6 Å². The molecule has 1 saturated heterocycles. The number of hydrogen-bond donors (Lipinski definition) is 0. The van der Waals surface area contributed by atoms with Gasteiger partial charge in [0, 0.05) is 36.6 Å². The van der Waals surface area contributed by atoms with Crippen molar-refractivity contribution in [1.29, 1.82) is 0 Å². The molecule has 2 aliphatic rings. The van der Waals surface area contributed by atoms with Crippen molar-refractivity contribution in [2.45, 2.75) is 43.9 Å². The molecule has 0 radical (unpaired) electrons. The van der Waals surface area contributed by atoms with Gasteiger partial charge in [-0.15, -0.1) is 11.3 Å². The second-order valence-electron chi connectivity index (χ2n) is 7.45. The van der Waals surface area contributed by atoms with Crippen LogP contribution in [0.25, 0.3) is 0 Å². The third kappa shape index (κ3) is 3.74. The lowest BCUT2D eigenvalue weighted by Crippen LogP contribution is -2.48. The SMILES string of the molecule is CC1CN(S(=O)(=O)c2cccc(C(=O)N3CCc4sccc4C3)c2)CC(C)O1. The molecule has 0 aliphatic carbocycles. The summed E-state index contributed by atoms with van der Waals surface area (Å²) in [7, 11) is -3.67. The number of hydrogen-bond acceptors (Lipinski definition) is 5. The molecule has 0 bridgehead atoms. The van der Waals surface area contributed by atoms with Gasteiger partial charge in [0.2, 0.25) is 10.0 Å². The fourth-order valence-electron chi connectivity index (χ4n) is 3.87. The Hall–Kier alpha value is -1.74. The number of fused-ring (bicyclic) bond motifs is 1. The van der Waals surface area contributed by atoms with E-state index in [9.17, 15) is 13.2 Å². The summed E-state index contributed by atoms with van der Waals surface area (Å²) in [6.07, 6.45) is 0.535. The van der Waals surface area contributed by atoms with E-state index in [1.54, 1.807) is 34.4 Å². The zero-order valence-corrected chi connectivity index (χ0v) is 17.6. The van der Waals surface area contributed by atoms with Crippen LogP contribution in [0.15, 0.2) is 40.6 Å². The Morgan fingerprint density at radius 1 is 1.18 bits per heavy atom. The maximum atomic E-state index is 13.1. The zero-order valence-electron chi connectivity index (χ0n) is 16.0. The van der Waals surface area contributed by atoms with Crippen LogP contribution < -0.4 is 0 Å². The zero-order chi connectivity index (χ0) is 19.9. The van der Waals surface area contributed by atoms with Gasteiger partial charge in [0.15, 0.2) is 0 Å². The molecule has 2 atom stereocenters. The van der Waals surface area contributed by atoms with Crippen molar-refractivity contribution < 1.29 is 17.9 Å². The molecule has 1 aromatic carbocycles. The van der Waals surface area contributed by atoms with Gasteiger partial charge >= 0.3 is 0 Å². The molecule has 1 amide bonds. The van der Waals surface area contributed by atoms with E-state index >= 15 is 0 Å². The number of carbonyl (C=O) groups is 1. The molecule has 1 aromatic heterocycles. The van der Waals surface area contributed by atoms with E-state index in [-0.39, 0.29) is 23.0 Å². The Morgan fingerprint density at radius 3 is 2.68 bits per heavy atom. The topological polar surface area (TPSA) is 66.9 Å². The Bertz CT molecular complexity index is 976. The second-order valence-corrected chi connectivity index (χ2v) is 10.4. The highest BCUT2D eigenvalue weighted by atomic mass is 32.2. The smallest absolute Gasteiger partial charge is 0.254 e. The quantitative estimate of drug-likeness (QED) is 0.766. The van der Waals surface area contributed by atoms with Crippen molar-refractivity contribution in [3.8, 4) is 0 Å². The minimum Gasteiger partial charge on any atom is -0.373 e. The second kappa shape index (κ2) is 7.59. The molecular weight excluding hydrogens is 396 g/mol. The molecule has 4 rings (SSSR count). The number of morpholine rings is 1. The standard InChI is InChI=1S/C20H24N2O4S2/c1-14-11-22(12-15(2)26-14)28(24,25)18-5-3-4-16(10-18)20(23)21-8-6-19-17(13-21)7-9-27-19/h3-5,7,9-10,14-15H,6,8,11-13H2,1-2H3. The first-order valence-electron chi connectivity index (χ1n) is 9.45. The maximum absolute atomic E-state index is 13.1. The van der Waals surface area contributed by atoms with Gasteiger partial charge in [-0.25, -0.2) is 8.42 Å². The summed E-state index contributed by atoms with van der Waals surface area (Å²) in [5.41, 5.74) is 1.60. The largest absolute Gasteiger partial charge is 0.373 e. The predicted molar refractivity (Wildman–Crippen MR) is 108 cm³/mol. The summed E-state index contributed by atoms with van der Waals surface area (Å²) in [6.45, 7) is 5.60. The lowest BCUT2D eigenvalue weighted by molar-refractivity contribution is -0.0440. The normalized spacial score (nSPS) is 23.4. The van der Waals surface area contributed by atoms with Gasteiger partial charge in [-0.2, -0.15) is 4.31 Å². The third-order valence-corrected chi connectivity index (χ3v) is 8.05. The summed E-state index contributed by atoms with van der Waals surface area (Å²) >= 11 is 1.72. The number of benzene rings is 1. The third-order valence-electron chi connectivity index (χ3n) is 5.20. The van der Waals surface area contributed by atoms with Gasteiger partial charge in [0.1, 0.15) is 0 Å². The lowest BCUT2D eigenvalue weighted by Gasteiger charge is -2.34. The van der Waals surface area contributed by atoms with Crippen LogP contribution in [0.4, 0.5) is 0 Å². The molecule has 150 valence electrons. The van der Waals surface area contributed by atoms with Gasteiger partial charge in [0.05, 0.1) is 17.1 Å².